The van der Waals surface area contributed by atoms with Crippen molar-refractivity contribution in [1.82, 2.24) is 10.2 Å². The summed E-state index contributed by atoms with van der Waals surface area (Å²) in [6.07, 6.45) is 0.597. The van der Waals surface area contributed by atoms with Gasteiger partial charge >= 0.3 is 6.18 Å². The highest BCUT2D eigenvalue weighted by molar-refractivity contribution is 7.92. The SMILES string of the molecule is CC[C@H](C(=O)NC1CCCC1)N(Cc1ccccc1)C(=O)CCCN(c1cccc(C(F)(F)F)c1)S(C)(=O)=O. The summed E-state index contributed by atoms with van der Waals surface area (Å²) in [6.45, 7) is 1.86. The first kappa shape index (κ1) is 30.5. The third kappa shape index (κ3) is 8.71. The molecule has 214 valence electrons. The lowest BCUT2D eigenvalue weighted by Crippen LogP contribution is -2.51. The highest BCUT2D eigenvalue weighted by atomic mass is 32.2. The average molecular weight is 568 g/mol. The number of anilines is 1. The second-order valence-corrected chi connectivity index (χ2v) is 11.8. The number of nitrogens with zero attached hydrogens (tertiary/aromatic N) is 2. The number of benzene rings is 2. The van der Waals surface area contributed by atoms with Crippen molar-refractivity contribution in [3.05, 3.63) is 65.7 Å². The van der Waals surface area contributed by atoms with Gasteiger partial charge in [0.1, 0.15) is 6.04 Å². The molecule has 39 heavy (non-hydrogen) atoms. The number of rotatable bonds is 12. The Morgan fingerprint density at radius 3 is 2.31 bits per heavy atom. The Morgan fingerprint density at radius 2 is 1.72 bits per heavy atom. The number of nitrogens with one attached hydrogen (secondary N) is 1. The molecule has 0 aromatic heterocycles. The molecule has 2 amide bonds. The molecular weight excluding hydrogens is 531 g/mol. The Balaban J connectivity index is 1.76. The van der Waals surface area contributed by atoms with Gasteiger partial charge < -0.3 is 10.2 Å². The molecule has 3 rings (SSSR count). The number of amides is 2. The molecule has 1 atom stereocenters. The molecule has 2 aromatic carbocycles. The highest BCUT2D eigenvalue weighted by Gasteiger charge is 2.32. The first-order chi connectivity index (χ1) is 18.4. The molecule has 1 fully saturated rings. The Kier molecular flexibility index (Phi) is 10.4. The predicted octanol–water partition coefficient (Wildman–Crippen LogP) is 5.12. The quantitative estimate of drug-likeness (QED) is 0.386. The smallest absolute Gasteiger partial charge is 0.352 e. The molecule has 0 heterocycles. The predicted molar refractivity (Wildman–Crippen MR) is 144 cm³/mol. The molecule has 1 aliphatic carbocycles. The number of sulfonamides is 1. The third-order valence-corrected chi connectivity index (χ3v) is 8.09. The molecular formula is C28H36F3N3O4S. The van der Waals surface area contributed by atoms with E-state index >= 15 is 0 Å². The first-order valence-corrected chi connectivity index (χ1v) is 15.0. The van der Waals surface area contributed by atoms with Crippen molar-refractivity contribution in [1.29, 1.82) is 0 Å². The summed E-state index contributed by atoms with van der Waals surface area (Å²) in [6, 6.07) is 12.8. The number of alkyl halides is 3. The van der Waals surface area contributed by atoms with E-state index in [1.54, 1.807) is 0 Å². The molecule has 1 aliphatic rings. The molecule has 0 saturated heterocycles. The van der Waals surface area contributed by atoms with Crippen molar-refractivity contribution in [3.8, 4) is 0 Å². The van der Waals surface area contributed by atoms with Crippen LogP contribution in [0.2, 0.25) is 0 Å². The van der Waals surface area contributed by atoms with Crippen molar-refractivity contribution in [2.45, 2.75) is 76.7 Å². The average Bonchev–Trinajstić information content (AvgIpc) is 3.39. The Bertz CT molecular complexity index is 1220. The van der Waals surface area contributed by atoms with Crippen LogP contribution in [0.5, 0.6) is 0 Å². The van der Waals surface area contributed by atoms with Gasteiger partial charge in [0.25, 0.3) is 0 Å². The Labute approximate surface area is 228 Å². The van der Waals surface area contributed by atoms with Gasteiger partial charge in [0.05, 0.1) is 17.5 Å². The van der Waals surface area contributed by atoms with Crippen LogP contribution < -0.4 is 9.62 Å². The van der Waals surface area contributed by atoms with Crippen molar-refractivity contribution in [3.63, 3.8) is 0 Å². The molecule has 2 aromatic rings. The molecule has 0 bridgehead atoms. The zero-order valence-corrected chi connectivity index (χ0v) is 23.1. The second-order valence-electron chi connectivity index (χ2n) is 9.91. The van der Waals surface area contributed by atoms with Gasteiger partial charge in [0, 0.05) is 25.6 Å². The zero-order valence-electron chi connectivity index (χ0n) is 22.3. The number of carbonyl (C=O) groups is 2. The molecule has 0 unspecified atom stereocenters. The summed E-state index contributed by atoms with van der Waals surface area (Å²) in [5, 5.41) is 3.07. The van der Waals surface area contributed by atoms with Gasteiger partial charge in [-0.15, -0.1) is 0 Å². The van der Waals surface area contributed by atoms with Crippen molar-refractivity contribution in [2.75, 3.05) is 17.1 Å². The summed E-state index contributed by atoms with van der Waals surface area (Å²) >= 11 is 0. The fraction of sp³-hybridized carbons (Fsp3) is 0.500. The van der Waals surface area contributed by atoms with Crippen LogP contribution in [0.3, 0.4) is 0 Å². The van der Waals surface area contributed by atoms with Crippen molar-refractivity contribution >= 4 is 27.5 Å². The first-order valence-electron chi connectivity index (χ1n) is 13.2. The van der Waals surface area contributed by atoms with Gasteiger partial charge in [0.2, 0.25) is 21.8 Å². The Hall–Kier alpha value is -3.08. The minimum Gasteiger partial charge on any atom is -0.352 e. The number of hydrogen-bond donors (Lipinski definition) is 1. The van der Waals surface area contributed by atoms with Crippen molar-refractivity contribution in [2.24, 2.45) is 0 Å². The lowest BCUT2D eigenvalue weighted by atomic mass is 10.1. The lowest BCUT2D eigenvalue weighted by molar-refractivity contribution is -0.141. The van der Waals surface area contributed by atoms with E-state index in [2.05, 4.69) is 5.32 Å². The van der Waals surface area contributed by atoms with Crippen LogP contribution in [-0.4, -0.2) is 50.0 Å². The lowest BCUT2D eigenvalue weighted by Gasteiger charge is -2.32. The van der Waals surface area contributed by atoms with Gasteiger partial charge in [-0.2, -0.15) is 13.2 Å². The van der Waals surface area contributed by atoms with E-state index in [9.17, 15) is 31.2 Å². The van der Waals surface area contributed by atoms with Crippen LogP contribution in [0.1, 0.15) is 63.0 Å². The van der Waals surface area contributed by atoms with Gasteiger partial charge in [0.15, 0.2) is 0 Å². The van der Waals surface area contributed by atoms with E-state index in [4.69, 9.17) is 0 Å². The standard InChI is InChI=1S/C28H36F3N3O4S/c1-3-25(27(36)32-23-14-7-8-15-23)33(20-21-11-5-4-6-12-21)26(35)17-10-18-34(39(2,37)38)24-16-9-13-22(19-24)28(29,30)31/h4-6,9,11-13,16,19,23,25H,3,7-8,10,14-15,17-18,20H2,1-2H3,(H,32,36)/t25-/m1/s1. The van der Waals surface area contributed by atoms with E-state index < -0.39 is 27.8 Å². The molecule has 7 nitrogen and oxygen atoms in total. The van der Waals surface area contributed by atoms with E-state index in [-0.39, 0.29) is 49.5 Å². The normalized spacial score (nSPS) is 15.1. The van der Waals surface area contributed by atoms with Crippen LogP contribution in [0.4, 0.5) is 18.9 Å². The Morgan fingerprint density at radius 1 is 1.05 bits per heavy atom. The summed E-state index contributed by atoms with van der Waals surface area (Å²) < 4.78 is 65.4. The maximum Gasteiger partial charge on any atom is 0.416 e. The fourth-order valence-electron chi connectivity index (χ4n) is 4.91. The summed E-state index contributed by atoms with van der Waals surface area (Å²) in [5.41, 5.74) is -0.235. The van der Waals surface area contributed by atoms with Gasteiger partial charge in [-0.1, -0.05) is 56.2 Å². The largest absolute Gasteiger partial charge is 0.416 e. The molecule has 11 heteroatoms. The number of hydrogen-bond acceptors (Lipinski definition) is 4. The maximum absolute atomic E-state index is 13.5. The van der Waals surface area contributed by atoms with Gasteiger partial charge in [-0.25, -0.2) is 8.42 Å². The van der Waals surface area contributed by atoms with Crippen LogP contribution in [0.25, 0.3) is 0 Å². The van der Waals surface area contributed by atoms with Crippen LogP contribution >= 0.6 is 0 Å². The summed E-state index contributed by atoms with van der Waals surface area (Å²) in [5.74, 6) is -0.542. The zero-order chi connectivity index (χ0) is 28.6. The molecule has 0 radical (unpaired) electrons. The number of halogens is 3. The van der Waals surface area contributed by atoms with Crippen LogP contribution in [0, 0.1) is 0 Å². The van der Waals surface area contributed by atoms with E-state index in [0.29, 0.717) is 6.42 Å². The van der Waals surface area contributed by atoms with E-state index in [1.165, 1.54) is 11.0 Å². The van der Waals surface area contributed by atoms with Gasteiger partial charge in [-0.3, -0.25) is 13.9 Å². The maximum atomic E-state index is 13.5. The summed E-state index contributed by atoms with van der Waals surface area (Å²) in [7, 11) is -3.92. The third-order valence-electron chi connectivity index (χ3n) is 6.90. The highest BCUT2D eigenvalue weighted by Crippen LogP contribution is 2.32. The van der Waals surface area contributed by atoms with Crippen LogP contribution in [0.15, 0.2) is 54.6 Å². The molecule has 1 N–H and O–H groups in total. The van der Waals surface area contributed by atoms with E-state index in [0.717, 1.165) is 60.0 Å². The topological polar surface area (TPSA) is 86.8 Å². The second kappa shape index (κ2) is 13.3. The monoisotopic (exact) mass is 567 g/mol. The molecule has 0 aliphatic heterocycles. The summed E-state index contributed by atoms with van der Waals surface area (Å²) in [4.78, 5) is 28.2. The minimum atomic E-state index is -4.62. The van der Waals surface area contributed by atoms with Gasteiger partial charge in [-0.05, 0) is 49.4 Å². The van der Waals surface area contributed by atoms with Crippen molar-refractivity contribution < 1.29 is 31.2 Å². The van der Waals surface area contributed by atoms with Crippen LogP contribution in [-0.2, 0) is 32.3 Å². The molecule has 0 spiro atoms. The molecule has 1 saturated carbocycles. The van der Waals surface area contributed by atoms with E-state index in [1.807, 2.05) is 37.3 Å². The fourth-order valence-corrected chi connectivity index (χ4v) is 5.87. The number of carbonyl (C=O) groups excluding carboxylic acids is 2. The minimum absolute atomic E-state index is 0.0636.